The van der Waals surface area contributed by atoms with E-state index in [0.717, 1.165) is 18.4 Å². The van der Waals surface area contributed by atoms with E-state index in [9.17, 15) is 8.42 Å². The lowest BCUT2D eigenvalue weighted by Gasteiger charge is -2.08. The van der Waals surface area contributed by atoms with Gasteiger partial charge < -0.3 is 10.8 Å². The topological polar surface area (TPSA) is 89.6 Å². The first kappa shape index (κ1) is 26.1. The van der Waals surface area contributed by atoms with Crippen molar-refractivity contribution in [2.45, 2.75) is 83.0 Å². The minimum absolute atomic E-state index is 0.0972. The molecule has 0 fully saturated rings. The lowest BCUT2D eigenvalue weighted by Crippen LogP contribution is -2.09. The fourth-order valence-corrected chi connectivity index (χ4v) is 3.83. The molecule has 1 aromatic rings. The Balaban J connectivity index is 0.00000153. The van der Waals surface area contributed by atoms with Gasteiger partial charge in [-0.3, -0.25) is 4.18 Å². The van der Waals surface area contributed by atoms with Gasteiger partial charge in [0.05, 0.1) is 18.1 Å². The molecule has 0 radical (unpaired) electrons. The van der Waals surface area contributed by atoms with Crippen LogP contribution >= 0.6 is 0 Å². The zero-order valence-corrected chi connectivity index (χ0v) is 18.0. The highest BCUT2D eigenvalue weighted by atomic mass is 32.2. The highest BCUT2D eigenvalue weighted by Gasteiger charge is 2.16. The molecule has 0 aromatic heterocycles. The van der Waals surface area contributed by atoms with Crippen LogP contribution < -0.4 is 5.73 Å². The van der Waals surface area contributed by atoms with E-state index in [1.165, 1.54) is 51.4 Å². The first-order valence-corrected chi connectivity index (χ1v) is 11.7. The van der Waals surface area contributed by atoms with Gasteiger partial charge in [-0.1, -0.05) is 82.9 Å². The summed E-state index contributed by atoms with van der Waals surface area (Å²) < 4.78 is 29.3. The van der Waals surface area contributed by atoms with Gasteiger partial charge in [0.25, 0.3) is 10.1 Å². The van der Waals surface area contributed by atoms with Crippen molar-refractivity contribution in [1.29, 1.82) is 0 Å². The molecule has 1 rings (SSSR count). The molecule has 1 aromatic carbocycles. The molecule has 0 atom stereocenters. The number of hydrogen-bond acceptors (Lipinski definition) is 5. The predicted octanol–water partition coefficient (Wildman–Crippen LogP) is 4.56. The average Bonchev–Trinajstić information content (AvgIpc) is 2.66. The lowest BCUT2D eigenvalue weighted by atomic mass is 10.1. The summed E-state index contributed by atoms with van der Waals surface area (Å²) in [5, 5.41) is 7.75. The van der Waals surface area contributed by atoms with Crippen molar-refractivity contribution in [2.75, 3.05) is 19.8 Å². The van der Waals surface area contributed by atoms with Gasteiger partial charge in [0.1, 0.15) is 0 Å². The van der Waals surface area contributed by atoms with Crippen LogP contribution in [-0.2, 0) is 14.3 Å². The molecule has 0 saturated heterocycles. The zero-order valence-electron chi connectivity index (χ0n) is 17.2. The van der Waals surface area contributed by atoms with Gasteiger partial charge in [-0.2, -0.15) is 8.42 Å². The van der Waals surface area contributed by atoms with E-state index in [4.69, 9.17) is 15.0 Å². The summed E-state index contributed by atoms with van der Waals surface area (Å²) in [7, 11) is -3.60. The van der Waals surface area contributed by atoms with Crippen LogP contribution in [-0.4, -0.2) is 33.3 Å². The SMILES string of the molecule is CCCCCCCCCCCCOS(=O)(=O)c1ccccc1C.NCCO. The van der Waals surface area contributed by atoms with Crippen LogP contribution in [0.1, 0.15) is 76.7 Å². The summed E-state index contributed by atoms with van der Waals surface area (Å²) in [5.41, 5.74) is 5.51. The van der Waals surface area contributed by atoms with E-state index in [2.05, 4.69) is 6.92 Å². The first-order valence-electron chi connectivity index (χ1n) is 10.3. The Morgan fingerprint density at radius 2 is 1.41 bits per heavy atom. The standard InChI is InChI=1S/C19H32O3S.C2H7NO/c1-3-4-5-6-7-8-9-10-11-14-17-22-23(20,21)19-16-13-12-15-18(19)2;3-1-2-4/h12-13,15-16H,3-11,14,17H2,1-2H3;4H,1-3H2. The maximum Gasteiger partial charge on any atom is 0.297 e. The largest absolute Gasteiger partial charge is 0.395 e. The minimum Gasteiger partial charge on any atom is -0.395 e. The predicted molar refractivity (Wildman–Crippen MR) is 112 cm³/mol. The van der Waals surface area contributed by atoms with Crippen LogP contribution in [0.5, 0.6) is 0 Å². The average molecular weight is 402 g/mol. The van der Waals surface area contributed by atoms with Crippen LogP contribution in [0.2, 0.25) is 0 Å². The second-order valence-electron chi connectivity index (χ2n) is 6.74. The summed E-state index contributed by atoms with van der Waals surface area (Å²) >= 11 is 0. The molecule has 0 bridgehead atoms. The van der Waals surface area contributed by atoms with Crippen LogP contribution in [0.3, 0.4) is 0 Å². The Labute approximate surface area is 166 Å². The van der Waals surface area contributed by atoms with Gasteiger partial charge in [-0.15, -0.1) is 0 Å². The molecule has 0 heterocycles. The molecule has 0 spiro atoms. The third kappa shape index (κ3) is 13.8. The van der Waals surface area contributed by atoms with Gasteiger partial charge in [-0.25, -0.2) is 0 Å². The number of aliphatic hydroxyl groups is 1. The summed E-state index contributed by atoms with van der Waals surface area (Å²) in [5.74, 6) is 0. The number of aliphatic hydroxyl groups excluding tert-OH is 1. The first-order chi connectivity index (χ1) is 13.0. The van der Waals surface area contributed by atoms with Gasteiger partial charge >= 0.3 is 0 Å². The van der Waals surface area contributed by atoms with E-state index < -0.39 is 10.1 Å². The Morgan fingerprint density at radius 1 is 0.926 bits per heavy atom. The maximum absolute atomic E-state index is 12.1. The van der Waals surface area contributed by atoms with E-state index in [1.54, 1.807) is 25.1 Å². The van der Waals surface area contributed by atoms with Gasteiger partial charge in [0, 0.05) is 6.54 Å². The number of benzene rings is 1. The molecule has 0 aliphatic rings. The number of nitrogens with two attached hydrogens (primary N) is 1. The van der Waals surface area contributed by atoms with E-state index in [-0.39, 0.29) is 18.1 Å². The van der Waals surface area contributed by atoms with Crippen molar-refractivity contribution in [2.24, 2.45) is 5.73 Å². The van der Waals surface area contributed by atoms with E-state index >= 15 is 0 Å². The van der Waals surface area contributed by atoms with E-state index in [1.807, 2.05) is 6.07 Å². The quantitative estimate of drug-likeness (QED) is 0.352. The molecule has 3 N–H and O–H groups in total. The molecule has 5 nitrogen and oxygen atoms in total. The summed E-state index contributed by atoms with van der Waals surface area (Å²) in [6, 6.07) is 6.94. The van der Waals surface area contributed by atoms with Crippen LogP contribution in [0.25, 0.3) is 0 Å². The van der Waals surface area contributed by atoms with Crippen LogP contribution in [0, 0.1) is 6.92 Å². The second kappa shape index (κ2) is 17.2. The molecule has 158 valence electrons. The summed E-state index contributed by atoms with van der Waals surface area (Å²) in [4.78, 5) is 0.284. The number of unbranched alkanes of at least 4 members (excludes halogenated alkanes) is 9. The molecule has 0 amide bonds. The molecule has 27 heavy (non-hydrogen) atoms. The van der Waals surface area contributed by atoms with Crippen molar-refractivity contribution in [3.05, 3.63) is 29.8 Å². The molecule has 0 saturated carbocycles. The normalized spacial score (nSPS) is 11.1. The number of aryl methyl sites for hydroxylation is 1. The number of hydrogen-bond donors (Lipinski definition) is 2. The van der Waals surface area contributed by atoms with E-state index in [0.29, 0.717) is 6.54 Å². The van der Waals surface area contributed by atoms with Gasteiger partial charge in [-0.05, 0) is 25.0 Å². The summed E-state index contributed by atoms with van der Waals surface area (Å²) in [6.07, 6.45) is 12.3. The summed E-state index contributed by atoms with van der Waals surface area (Å²) in [6.45, 7) is 4.78. The molecular weight excluding hydrogens is 362 g/mol. The maximum atomic E-state index is 12.1. The van der Waals surface area contributed by atoms with Crippen molar-refractivity contribution in [1.82, 2.24) is 0 Å². The highest BCUT2D eigenvalue weighted by Crippen LogP contribution is 2.17. The molecule has 0 unspecified atom stereocenters. The zero-order chi connectivity index (χ0) is 20.4. The minimum atomic E-state index is -3.60. The Kier molecular flexibility index (Phi) is 16.6. The Bertz CT molecular complexity index is 559. The number of rotatable bonds is 14. The third-order valence-corrected chi connectivity index (χ3v) is 5.70. The fraction of sp³-hybridized carbons (Fsp3) is 0.714. The van der Waals surface area contributed by atoms with Crippen molar-refractivity contribution in [3.8, 4) is 0 Å². The van der Waals surface area contributed by atoms with Crippen LogP contribution in [0.15, 0.2) is 29.2 Å². The molecule has 6 heteroatoms. The van der Waals surface area contributed by atoms with Gasteiger partial charge in [0.15, 0.2) is 0 Å². The highest BCUT2D eigenvalue weighted by molar-refractivity contribution is 7.86. The van der Waals surface area contributed by atoms with Crippen molar-refractivity contribution >= 4 is 10.1 Å². The lowest BCUT2D eigenvalue weighted by molar-refractivity contribution is 0.305. The molecule has 0 aliphatic carbocycles. The fourth-order valence-electron chi connectivity index (χ4n) is 2.66. The van der Waals surface area contributed by atoms with Gasteiger partial charge in [0.2, 0.25) is 0 Å². The van der Waals surface area contributed by atoms with Crippen molar-refractivity contribution < 1.29 is 17.7 Å². The smallest absolute Gasteiger partial charge is 0.297 e. The Morgan fingerprint density at radius 3 is 1.89 bits per heavy atom. The molecular formula is C21H39NO4S. The van der Waals surface area contributed by atoms with Crippen LogP contribution in [0.4, 0.5) is 0 Å². The third-order valence-electron chi connectivity index (χ3n) is 4.23. The molecule has 0 aliphatic heterocycles. The second-order valence-corrected chi connectivity index (χ2v) is 8.32. The Hall–Kier alpha value is -0.950. The monoisotopic (exact) mass is 401 g/mol. The van der Waals surface area contributed by atoms with Crippen molar-refractivity contribution in [3.63, 3.8) is 0 Å².